The molecule has 0 spiro atoms. The van der Waals surface area contributed by atoms with E-state index in [1.807, 2.05) is 12.1 Å². The lowest BCUT2D eigenvalue weighted by atomic mass is 10.4. The molecule has 1 aliphatic rings. The molecule has 0 bridgehead atoms. The predicted octanol–water partition coefficient (Wildman–Crippen LogP) is 0.282. The summed E-state index contributed by atoms with van der Waals surface area (Å²) in [6.45, 7) is 0.989. The van der Waals surface area contributed by atoms with E-state index in [9.17, 15) is 0 Å². The van der Waals surface area contributed by atoms with Crippen molar-refractivity contribution in [3.8, 4) is 0 Å². The highest BCUT2D eigenvalue weighted by molar-refractivity contribution is 5.77. The molecule has 0 atom stereocenters. The van der Waals surface area contributed by atoms with Crippen LogP contribution in [-0.2, 0) is 4.74 Å². The fraction of sp³-hybridized carbons (Fsp3) is 0.800. The van der Waals surface area contributed by atoms with Crippen molar-refractivity contribution in [2.75, 3.05) is 20.7 Å². The van der Waals surface area contributed by atoms with Gasteiger partial charge in [-0.1, -0.05) is 0 Å². The molecular weight excluding hydrogens is 104 g/mol. The largest absolute Gasteiger partial charge is 0.483 e. The standard InChI is InChI=1S/C5H10N2O/c1-7-4-3-5(6-7)8-2/h3-4H2,1-2H3. The maximum absolute atomic E-state index is 4.89. The molecule has 0 N–H and O–H groups in total. The van der Waals surface area contributed by atoms with Gasteiger partial charge in [0.05, 0.1) is 7.11 Å². The molecule has 0 unspecified atom stereocenters. The van der Waals surface area contributed by atoms with Crippen LogP contribution in [0.25, 0.3) is 0 Å². The third-order valence-electron chi connectivity index (χ3n) is 1.17. The zero-order chi connectivity index (χ0) is 5.98. The van der Waals surface area contributed by atoms with Crippen LogP contribution >= 0.6 is 0 Å². The molecule has 0 aromatic heterocycles. The van der Waals surface area contributed by atoms with Gasteiger partial charge in [-0.05, 0) is 0 Å². The highest BCUT2D eigenvalue weighted by Crippen LogP contribution is 2.01. The molecule has 0 amide bonds. The summed E-state index contributed by atoms with van der Waals surface area (Å²) in [5.41, 5.74) is 0. The summed E-state index contributed by atoms with van der Waals surface area (Å²) >= 11 is 0. The summed E-state index contributed by atoms with van der Waals surface area (Å²) in [5.74, 6) is 0.840. The monoisotopic (exact) mass is 114 g/mol. The van der Waals surface area contributed by atoms with Crippen molar-refractivity contribution in [3.05, 3.63) is 0 Å². The summed E-state index contributed by atoms with van der Waals surface area (Å²) in [4.78, 5) is 0. The van der Waals surface area contributed by atoms with Gasteiger partial charge in [-0.3, -0.25) is 5.01 Å². The summed E-state index contributed by atoms with van der Waals surface area (Å²) in [5, 5.41) is 5.91. The van der Waals surface area contributed by atoms with Gasteiger partial charge in [-0.15, -0.1) is 5.10 Å². The van der Waals surface area contributed by atoms with Crippen molar-refractivity contribution in [1.29, 1.82) is 0 Å². The van der Waals surface area contributed by atoms with E-state index in [0.29, 0.717) is 0 Å². The molecule has 1 rings (SSSR count). The van der Waals surface area contributed by atoms with E-state index in [2.05, 4.69) is 5.10 Å². The van der Waals surface area contributed by atoms with Gasteiger partial charge in [0.25, 0.3) is 0 Å². The molecule has 0 saturated carbocycles. The van der Waals surface area contributed by atoms with Gasteiger partial charge >= 0.3 is 0 Å². The van der Waals surface area contributed by atoms with Gasteiger partial charge < -0.3 is 4.74 Å². The van der Waals surface area contributed by atoms with Crippen molar-refractivity contribution < 1.29 is 4.74 Å². The number of rotatable bonds is 0. The van der Waals surface area contributed by atoms with Crippen LogP contribution in [0.1, 0.15) is 6.42 Å². The Labute approximate surface area is 48.9 Å². The van der Waals surface area contributed by atoms with Crippen molar-refractivity contribution in [1.82, 2.24) is 5.01 Å². The minimum absolute atomic E-state index is 0.840. The molecule has 0 saturated heterocycles. The second-order valence-corrected chi connectivity index (χ2v) is 1.83. The average Bonchev–Trinajstić information content (AvgIpc) is 2.14. The van der Waals surface area contributed by atoms with E-state index in [4.69, 9.17) is 4.74 Å². The van der Waals surface area contributed by atoms with Crippen molar-refractivity contribution >= 4 is 5.90 Å². The van der Waals surface area contributed by atoms with Crippen molar-refractivity contribution in [2.45, 2.75) is 6.42 Å². The topological polar surface area (TPSA) is 24.8 Å². The third-order valence-corrected chi connectivity index (χ3v) is 1.17. The Morgan fingerprint density at radius 3 is 2.75 bits per heavy atom. The first kappa shape index (κ1) is 5.41. The maximum atomic E-state index is 4.89. The summed E-state index contributed by atoms with van der Waals surface area (Å²) in [6.07, 6.45) is 0.951. The minimum Gasteiger partial charge on any atom is -0.483 e. The number of nitrogens with zero attached hydrogens (tertiary/aromatic N) is 2. The summed E-state index contributed by atoms with van der Waals surface area (Å²) in [7, 11) is 3.59. The quantitative estimate of drug-likeness (QED) is 0.452. The van der Waals surface area contributed by atoms with Gasteiger partial charge in [0.2, 0.25) is 5.90 Å². The summed E-state index contributed by atoms with van der Waals surface area (Å²) in [6, 6.07) is 0. The predicted molar refractivity (Wildman–Crippen MR) is 31.7 cm³/mol. The highest BCUT2D eigenvalue weighted by atomic mass is 16.5. The minimum atomic E-state index is 0.840. The Balaban J connectivity index is 2.44. The van der Waals surface area contributed by atoms with E-state index in [1.54, 1.807) is 7.11 Å². The lowest BCUT2D eigenvalue weighted by molar-refractivity contribution is 0.377. The van der Waals surface area contributed by atoms with E-state index >= 15 is 0 Å². The molecule has 1 heterocycles. The smallest absolute Gasteiger partial charge is 0.207 e. The Morgan fingerprint density at radius 2 is 2.50 bits per heavy atom. The van der Waals surface area contributed by atoms with Crippen LogP contribution in [0, 0.1) is 0 Å². The van der Waals surface area contributed by atoms with Gasteiger partial charge in [-0.25, -0.2) is 0 Å². The van der Waals surface area contributed by atoms with Crippen molar-refractivity contribution in [2.24, 2.45) is 5.10 Å². The zero-order valence-corrected chi connectivity index (χ0v) is 5.22. The average molecular weight is 114 g/mol. The normalized spacial score (nSPS) is 18.8. The molecular formula is C5H10N2O. The fourth-order valence-electron chi connectivity index (χ4n) is 0.691. The van der Waals surface area contributed by atoms with Gasteiger partial charge in [0.1, 0.15) is 0 Å². The Morgan fingerprint density at radius 1 is 1.75 bits per heavy atom. The lowest BCUT2D eigenvalue weighted by Gasteiger charge is -1.99. The Bertz CT molecular complexity index is 111. The molecule has 1 aliphatic heterocycles. The zero-order valence-electron chi connectivity index (χ0n) is 5.22. The molecule has 3 nitrogen and oxygen atoms in total. The molecule has 8 heavy (non-hydrogen) atoms. The molecule has 0 aromatic carbocycles. The van der Waals surface area contributed by atoms with Crippen LogP contribution < -0.4 is 0 Å². The second-order valence-electron chi connectivity index (χ2n) is 1.83. The van der Waals surface area contributed by atoms with E-state index in [-0.39, 0.29) is 0 Å². The fourth-order valence-corrected chi connectivity index (χ4v) is 0.691. The van der Waals surface area contributed by atoms with E-state index < -0.39 is 0 Å². The molecule has 0 aliphatic carbocycles. The summed E-state index contributed by atoms with van der Waals surface area (Å²) < 4.78 is 4.89. The molecule has 46 valence electrons. The lowest BCUT2D eigenvalue weighted by Crippen LogP contribution is -2.04. The second kappa shape index (κ2) is 2.03. The molecule has 0 fully saturated rings. The van der Waals surface area contributed by atoms with Crippen LogP contribution in [0.5, 0.6) is 0 Å². The van der Waals surface area contributed by atoms with E-state index in [1.165, 1.54) is 0 Å². The van der Waals surface area contributed by atoms with Gasteiger partial charge in [0.15, 0.2) is 0 Å². The number of ether oxygens (including phenoxy) is 1. The SMILES string of the molecule is COC1=NN(C)CC1. The number of methoxy groups -OCH3 is 1. The Hall–Kier alpha value is -0.730. The van der Waals surface area contributed by atoms with Crippen molar-refractivity contribution in [3.63, 3.8) is 0 Å². The highest BCUT2D eigenvalue weighted by Gasteiger charge is 2.08. The molecule has 0 radical (unpaired) electrons. The molecule has 3 heteroatoms. The number of hydrogen-bond donors (Lipinski definition) is 0. The van der Waals surface area contributed by atoms with Crippen LogP contribution in [0.3, 0.4) is 0 Å². The molecule has 0 aromatic rings. The van der Waals surface area contributed by atoms with Crippen LogP contribution in [0.2, 0.25) is 0 Å². The maximum Gasteiger partial charge on any atom is 0.207 e. The third kappa shape index (κ3) is 0.911. The van der Waals surface area contributed by atoms with Crippen LogP contribution in [0.4, 0.5) is 0 Å². The van der Waals surface area contributed by atoms with E-state index in [0.717, 1.165) is 18.9 Å². The van der Waals surface area contributed by atoms with Crippen LogP contribution in [-0.4, -0.2) is 31.6 Å². The van der Waals surface area contributed by atoms with Crippen LogP contribution in [0.15, 0.2) is 5.10 Å². The number of hydrogen-bond acceptors (Lipinski definition) is 3. The first-order chi connectivity index (χ1) is 3.83. The van der Waals surface area contributed by atoms with Gasteiger partial charge in [0, 0.05) is 20.0 Å². The Kier molecular flexibility index (Phi) is 1.37. The van der Waals surface area contributed by atoms with Gasteiger partial charge in [-0.2, -0.15) is 0 Å². The first-order valence-corrected chi connectivity index (χ1v) is 2.65. The number of hydrazone groups is 1. The first-order valence-electron chi connectivity index (χ1n) is 2.65.